The van der Waals surface area contributed by atoms with Crippen LogP contribution in [-0.4, -0.2) is 51.6 Å². The van der Waals surface area contributed by atoms with Gasteiger partial charge in [-0.15, -0.1) is 0 Å². The molecule has 142 valence electrons. The van der Waals surface area contributed by atoms with Crippen molar-refractivity contribution < 1.29 is 24.1 Å². The van der Waals surface area contributed by atoms with E-state index in [0.717, 1.165) is 0 Å². The predicted octanol–water partition coefficient (Wildman–Crippen LogP) is -0.271. The Morgan fingerprint density at radius 2 is 2.11 bits per heavy atom. The summed E-state index contributed by atoms with van der Waals surface area (Å²) in [6.45, 7) is 1.34. The fraction of sp³-hybridized carbons (Fsp3) is 0.389. The second-order valence-corrected chi connectivity index (χ2v) is 6.71. The van der Waals surface area contributed by atoms with Crippen molar-refractivity contribution in [3.8, 4) is 0 Å². The Kier molecular flexibility index (Phi) is 4.22. The molecule has 0 radical (unpaired) electrons. The van der Waals surface area contributed by atoms with Crippen LogP contribution in [0.15, 0.2) is 46.1 Å². The highest BCUT2D eigenvalue weighted by atomic mass is 16.7. The maximum Gasteiger partial charge on any atom is 0.338 e. The van der Waals surface area contributed by atoms with Crippen LogP contribution >= 0.6 is 0 Å². The third kappa shape index (κ3) is 2.89. The Labute approximate surface area is 153 Å². The first kappa shape index (κ1) is 17.7. The molecule has 0 amide bonds. The average Bonchev–Trinajstić information content (AvgIpc) is 3.13. The number of hydrogen-bond donors (Lipinski definition) is 2. The number of esters is 1. The van der Waals surface area contributed by atoms with E-state index in [9.17, 15) is 19.5 Å². The summed E-state index contributed by atoms with van der Waals surface area (Å²) in [6, 6.07) is 8.44. The zero-order valence-electron chi connectivity index (χ0n) is 14.5. The summed E-state index contributed by atoms with van der Waals surface area (Å²) < 4.78 is 18.0. The molecule has 0 aliphatic carbocycles. The number of benzene rings is 1. The zero-order valence-corrected chi connectivity index (χ0v) is 14.5. The van der Waals surface area contributed by atoms with E-state index in [1.54, 1.807) is 37.3 Å². The number of aryl methyl sites for hydroxylation is 1. The van der Waals surface area contributed by atoms with Gasteiger partial charge in [-0.3, -0.25) is 14.3 Å². The van der Waals surface area contributed by atoms with Crippen molar-refractivity contribution in [2.75, 3.05) is 13.2 Å². The minimum Gasteiger partial charge on any atom is -0.459 e. The molecular weight excluding hydrogens is 356 g/mol. The Balaban J connectivity index is 1.55. The van der Waals surface area contributed by atoms with Crippen LogP contribution in [-0.2, 0) is 14.2 Å². The number of fused-ring (bicyclic) bond motifs is 2. The smallest absolute Gasteiger partial charge is 0.338 e. The summed E-state index contributed by atoms with van der Waals surface area (Å²) in [5, 5.41) is 10.6. The monoisotopic (exact) mass is 374 g/mol. The van der Waals surface area contributed by atoms with Crippen LogP contribution in [0.3, 0.4) is 0 Å². The number of aromatic nitrogens is 2. The number of hydrogen-bond acceptors (Lipinski definition) is 7. The van der Waals surface area contributed by atoms with Gasteiger partial charge in [0, 0.05) is 11.8 Å². The largest absolute Gasteiger partial charge is 0.459 e. The van der Waals surface area contributed by atoms with Crippen LogP contribution < -0.4 is 11.2 Å². The van der Waals surface area contributed by atoms with Gasteiger partial charge in [0.15, 0.2) is 11.8 Å². The zero-order chi connectivity index (χ0) is 19.2. The molecule has 2 aliphatic rings. The number of aromatic amines is 1. The van der Waals surface area contributed by atoms with E-state index in [1.807, 2.05) is 0 Å². The predicted molar refractivity (Wildman–Crippen MR) is 91.4 cm³/mol. The van der Waals surface area contributed by atoms with Crippen molar-refractivity contribution in [1.82, 2.24) is 9.55 Å². The molecule has 2 N–H and O–H groups in total. The lowest BCUT2D eigenvalue weighted by Crippen LogP contribution is -2.46. The fourth-order valence-corrected chi connectivity index (χ4v) is 3.36. The molecule has 3 heterocycles. The quantitative estimate of drug-likeness (QED) is 0.707. The maximum absolute atomic E-state index is 12.2. The lowest BCUT2D eigenvalue weighted by molar-refractivity contribution is -0.188. The van der Waals surface area contributed by atoms with E-state index >= 15 is 0 Å². The molecule has 0 saturated carbocycles. The van der Waals surface area contributed by atoms with Crippen molar-refractivity contribution in [2.45, 2.75) is 31.0 Å². The topological polar surface area (TPSA) is 120 Å². The molecular formula is C18H18N2O7. The first-order chi connectivity index (χ1) is 12.9. The third-order valence-electron chi connectivity index (χ3n) is 4.88. The van der Waals surface area contributed by atoms with Crippen molar-refractivity contribution >= 4 is 5.97 Å². The van der Waals surface area contributed by atoms with Gasteiger partial charge in [0.1, 0.15) is 18.8 Å². The summed E-state index contributed by atoms with van der Waals surface area (Å²) in [5.41, 5.74) is -1.74. The van der Waals surface area contributed by atoms with E-state index in [1.165, 1.54) is 10.8 Å². The number of aliphatic hydroxyl groups excluding tert-OH is 1. The van der Waals surface area contributed by atoms with Gasteiger partial charge in [0.2, 0.25) is 0 Å². The van der Waals surface area contributed by atoms with Gasteiger partial charge in [-0.1, -0.05) is 18.2 Å². The summed E-state index contributed by atoms with van der Waals surface area (Å²) in [7, 11) is 0. The lowest BCUT2D eigenvalue weighted by atomic mass is 10.0. The van der Waals surface area contributed by atoms with Crippen LogP contribution in [0.5, 0.6) is 0 Å². The van der Waals surface area contributed by atoms with E-state index in [4.69, 9.17) is 14.2 Å². The van der Waals surface area contributed by atoms with Gasteiger partial charge in [0.05, 0.1) is 12.2 Å². The SMILES string of the molecule is Cc1cn([C@@H]2O[C@@]3(COC(=O)c4ccccc4)CO[C@@H]2[C@@H]3O)c(=O)[nH]c1=O. The number of nitrogens with one attached hydrogen (secondary N) is 1. The van der Waals surface area contributed by atoms with Crippen LogP contribution in [0.2, 0.25) is 0 Å². The highest BCUT2D eigenvalue weighted by Crippen LogP contribution is 2.44. The third-order valence-corrected chi connectivity index (χ3v) is 4.88. The Morgan fingerprint density at radius 1 is 1.37 bits per heavy atom. The molecule has 2 aromatic rings. The second-order valence-electron chi connectivity index (χ2n) is 6.71. The minimum absolute atomic E-state index is 0.0223. The molecule has 1 aromatic carbocycles. The average molecular weight is 374 g/mol. The molecule has 2 saturated heterocycles. The van der Waals surface area contributed by atoms with Gasteiger partial charge < -0.3 is 19.3 Å². The number of ether oxygens (including phenoxy) is 3. The van der Waals surface area contributed by atoms with Crippen LogP contribution in [0.4, 0.5) is 0 Å². The molecule has 0 spiro atoms. The molecule has 2 fully saturated rings. The van der Waals surface area contributed by atoms with Crippen molar-refractivity contribution in [1.29, 1.82) is 0 Å². The lowest BCUT2D eigenvalue weighted by Gasteiger charge is -2.30. The van der Waals surface area contributed by atoms with E-state index in [0.29, 0.717) is 11.1 Å². The molecule has 2 aliphatic heterocycles. The minimum atomic E-state index is -1.27. The molecule has 9 heteroatoms. The number of rotatable bonds is 4. The number of carbonyl (C=O) groups is 1. The Hall–Kier alpha value is -2.75. The Morgan fingerprint density at radius 3 is 2.85 bits per heavy atom. The van der Waals surface area contributed by atoms with Crippen molar-refractivity contribution in [2.24, 2.45) is 0 Å². The van der Waals surface area contributed by atoms with Gasteiger partial charge in [-0.25, -0.2) is 9.59 Å². The molecule has 1 aromatic heterocycles. The normalized spacial score (nSPS) is 29.0. The van der Waals surface area contributed by atoms with Crippen LogP contribution in [0, 0.1) is 6.92 Å². The Bertz CT molecular complexity index is 983. The number of nitrogens with zero attached hydrogens (tertiary/aromatic N) is 1. The van der Waals surface area contributed by atoms with Gasteiger partial charge in [-0.2, -0.15) is 0 Å². The molecule has 4 rings (SSSR count). The highest BCUT2D eigenvalue weighted by molar-refractivity contribution is 5.89. The highest BCUT2D eigenvalue weighted by Gasteiger charge is 2.62. The molecule has 4 atom stereocenters. The first-order valence-electron chi connectivity index (χ1n) is 8.43. The summed E-state index contributed by atoms with van der Waals surface area (Å²) in [4.78, 5) is 38.0. The fourth-order valence-electron chi connectivity index (χ4n) is 3.36. The van der Waals surface area contributed by atoms with Crippen LogP contribution in [0.1, 0.15) is 22.1 Å². The van der Waals surface area contributed by atoms with Crippen LogP contribution in [0.25, 0.3) is 0 Å². The number of aliphatic hydroxyl groups is 1. The molecule has 0 unspecified atom stereocenters. The van der Waals surface area contributed by atoms with E-state index in [2.05, 4.69) is 4.98 Å². The second kappa shape index (κ2) is 6.45. The summed E-state index contributed by atoms with van der Waals surface area (Å²) in [5.74, 6) is -0.551. The number of H-pyrrole nitrogens is 1. The standard InChI is InChI=1S/C18H18N2O7/c1-10-7-20(17(24)19-14(10)22)15-12-13(21)18(27-15,8-25-12)9-26-16(23)11-5-3-2-4-6-11/h2-7,12-13,15,21H,8-9H2,1H3,(H,19,22,24)/t12-,13+,15-,18-/m1/s1. The number of carbonyl (C=O) groups excluding carboxylic acids is 1. The van der Waals surface area contributed by atoms with Gasteiger partial charge in [-0.05, 0) is 19.1 Å². The summed E-state index contributed by atoms with van der Waals surface area (Å²) >= 11 is 0. The molecule has 2 bridgehead atoms. The summed E-state index contributed by atoms with van der Waals surface area (Å²) in [6.07, 6.45) is -1.49. The molecule has 9 nitrogen and oxygen atoms in total. The van der Waals surface area contributed by atoms with E-state index in [-0.39, 0.29) is 13.2 Å². The van der Waals surface area contributed by atoms with Crippen molar-refractivity contribution in [3.05, 3.63) is 68.5 Å². The first-order valence-corrected chi connectivity index (χ1v) is 8.43. The molecule has 27 heavy (non-hydrogen) atoms. The van der Waals surface area contributed by atoms with Crippen molar-refractivity contribution in [3.63, 3.8) is 0 Å². The van der Waals surface area contributed by atoms with E-state index < -0.39 is 41.3 Å². The van der Waals surface area contributed by atoms with Gasteiger partial charge >= 0.3 is 11.7 Å². The van der Waals surface area contributed by atoms with Gasteiger partial charge in [0.25, 0.3) is 5.56 Å². The maximum atomic E-state index is 12.2.